The molecule has 10 nitrogen and oxygen atoms in total. The predicted molar refractivity (Wildman–Crippen MR) is 181 cm³/mol. The summed E-state index contributed by atoms with van der Waals surface area (Å²) >= 11 is 1.63. The van der Waals surface area contributed by atoms with Crippen molar-refractivity contribution in [1.29, 1.82) is 0 Å². The van der Waals surface area contributed by atoms with Gasteiger partial charge in [0.15, 0.2) is 5.16 Å². The SMILES string of the molecule is CCN1CCN(c2ccc(Nc3nccc(-c4c(-c5cccc(NS(=O)(=O)c6cc(F)cc(F)c6)c5)nc5n4CCS5)n3)cc2)CC1. The fraction of sp³-hybridized carbons (Fsp3) is 0.242. The summed E-state index contributed by atoms with van der Waals surface area (Å²) in [6.45, 7) is 8.14. The zero-order chi connectivity index (χ0) is 32.5. The number of likely N-dealkylation sites (N-methyl/N-ethyl adjacent to an activating group) is 1. The molecular formula is C33H32F2N8O2S2. The maximum absolute atomic E-state index is 13.8. The molecule has 0 aliphatic carbocycles. The highest BCUT2D eigenvalue weighted by Gasteiger charge is 2.26. The average Bonchev–Trinajstić information content (AvgIpc) is 3.67. The highest BCUT2D eigenvalue weighted by Crippen LogP contribution is 2.39. The Morgan fingerprint density at radius 1 is 0.872 bits per heavy atom. The molecule has 0 unspecified atom stereocenters. The van der Waals surface area contributed by atoms with Gasteiger partial charge in [-0.25, -0.2) is 32.2 Å². The smallest absolute Gasteiger partial charge is 0.262 e. The van der Waals surface area contributed by atoms with Crippen LogP contribution in [0.15, 0.2) is 89.0 Å². The largest absolute Gasteiger partial charge is 0.369 e. The highest BCUT2D eigenvalue weighted by atomic mass is 32.2. The summed E-state index contributed by atoms with van der Waals surface area (Å²) in [5, 5.41) is 4.16. The van der Waals surface area contributed by atoms with Crippen LogP contribution >= 0.6 is 11.8 Å². The van der Waals surface area contributed by atoms with Crippen molar-refractivity contribution >= 4 is 44.8 Å². The van der Waals surface area contributed by atoms with E-state index >= 15 is 0 Å². The highest BCUT2D eigenvalue weighted by molar-refractivity contribution is 7.99. The van der Waals surface area contributed by atoms with Crippen LogP contribution < -0.4 is 14.9 Å². The van der Waals surface area contributed by atoms with E-state index in [1.807, 2.05) is 24.3 Å². The first-order valence-electron chi connectivity index (χ1n) is 15.3. The van der Waals surface area contributed by atoms with Crippen molar-refractivity contribution < 1.29 is 17.2 Å². The van der Waals surface area contributed by atoms with E-state index < -0.39 is 26.6 Å². The van der Waals surface area contributed by atoms with Crippen molar-refractivity contribution in [3.63, 3.8) is 0 Å². The summed E-state index contributed by atoms with van der Waals surface area (Å²) in [7, 11) is -4.26. The van der Waals surface area contributed by atoms with Gasteiger partial charge in [-0.15, -0.1) is 0 Å². The summed E-state index contributed by atoms with van der Waals surface area (Å²) in [6.07, 6.45) is 1.70. The van der Waals surface area contributed by atoms with Crippen LogP contribution in [0.1, 0.15) is 6.92 Å². The van der Waals surface area contributed by atoms with Crippen molar-refractivity contribution in [3.8, 4) is 22.6 Å². The van der Waals surface area contributed by atoms with Gasteiger partial charge in [-0.05, 0) is 61.1 Å². The lowest BCUT2D eigenvalue weighted by atomic mass is 10.1. The second-order valence-corrected chi connectivity index (χ2v) is 14.0. The molecule has 0 spiro atoms. The summed E-state index contributed by atoms with van der Waals surface area (Å²) in [5.74, 6) is -0.658. The van der Waals surface area contributed by atoms with Gasteiger partial charge >= 0.3 is 0 Å². The maximum Gasteiger partial charge on any atom is 0.262 e. The standard InChI is InChI=1S/C33H32F2N8O2S2/c1-2-41-12-14-42(15-13-41)27-8-6-25(7-9-27)37-32-36-11-10-29(38-32)31-30(39-33-43(31)16-17-46-33)22-4-3-5-26(18-22)40-47(44,45)28-20-23(34)19-24(35)21-28/h3-11,18-21,40H,2,12-17H2,1H3,(H,36,37,38). The number of fused-ring (bicyclic) bond motifs is 1. The first-order valence-corrected chi connectivity index (χ1v) is 17.7. The number of rotatable bonds is 9. The van der Waals surface area contributed by atoms with E-state index in [9.17, 15) is 17.2 Å². The summed E-state index contributed by atoms with van der Waals surface area (Å²) in [4.78, 5) is 18.5. The van der Waals surface area contributed by atoms with Gasteiger partial charge in [0.25, 0.3) is 10.0 Å². The second kappa shape index (κ2) is 12.9. The number of sulfonamides is 1. The molecule has 4 heterocycles. The lowest BCUT2D eigenvalue weighted by Gasteiger charge is -2.35. The average molecular weight is 675 g/mol. The molecule has 7 rings (SSSR count). The van der Waals surface area contributed by atoms with E-state index in [1.54, 1.807) is 36.2 Å². The summed E-state index contributed by atoms with van der Waals surface area (Å²) in [5.41, 5.74) is 4.99. The Hall–Kier alpha value is -4.53. The van der Waals surface area contributed by atoms with E-state index in [1.165, 1.54) is 5.69 Å². The van der Waals surface area contributed by atoms with E-state index in [0.717, 1.165) is 73.7 Å². The third-order valence-electron chi connectivity index (χ3n) is 8.22. The van der Waals surface area contributed by atoms with Gasteiger partial charge in [0.1, 0.15) is 11.6 Å². The molecule has 2 aliphatic heterocycles. The molecule has 0 amide bonds. The second-order valence-electron chi connectivity index (χ2n) is 11.2. The van der Waals surface area contributed by atoms with E-state index in [4.69, 9.17) is 9.97 Å². The van der Waals surface area contributed by atoms with Gasteiger partial charge in [0, 0.05) is 73.4 Å². The van der Waals surface area contributed by atoms with E-state index in [2.05, 4.69) is 48.4 Å². The molecule has 242 valence electrons. The van der Waals surface area contributed by atoms with Crippen molar-refractivity contribution in [2.45, 2.75) is 23.5 Å². The van der Waals surface area contributed by atoms with Gasteiger partial charge in [0.05, 0.1) is 22.0 Å². The fourth-order valence-corrected chi connectivity index (χ4v) is 7.87. The van der Waals surface area contributed by atoms with Crippen LogP contribution in [0.5, 0.6) is 0 Å². The number of nitrogens with one attached hydrogen (secondary N) is 2. The molecule has 1 saturated heterocycles. The molecule has 0 bridgehead atoms. The van der Waals surface area contributed by atoms with Crippen LogP contribution in [0.25, 0.3) is 22.6 Å². The van der Waals surface area contributed by atoms with Gasteiger partial charge in [-0.2, -0.15) is 0 Å². The monoisotopic (exact) mass is 674 g/mol. The molecule has 1 fully saturated rings. The summed E-state index contributed by atoms with van der Waals surface area (Å²) < 4.78 is 58.0. The molecule has 0 atom stereocenters. The Balaban J connectivity index is 1.14. The van der Waals surface area contributed by atoms with Crippen LogP contribution in [0.2, 0.25) is 0 Å². The van der Waals surface area contributed by atoms with Crippen LogP contribution in [0.4, 0.5) is 31.8 Å². The van der Waals surface area contributed by atoms with Crippen molar-refractivity contribution in [2.24, 2.45) is 0 Å². The minimum absolute atomic E-state index is 0.222. The predicted octanol–water partition coefficient (Wildman–Crippen LogP) is 6.08. The molecule has 2 aliphatic rings. The minimum atomic E-state index is -4.26. The first-order chi connectivity index (χ1) is 22.8. The number of hydrogen-bond acceptors (Lipinski definition) is 9. The Kier molecular flexibility index (Phi) is 8.55. The third-order valence-corrected chi connectivity index (χ3v) is 10.5. The number of aromatic nitrogens is 4. The molecule has 47 heavy (non-hydrogen) atoms. The number of benzene rings is 3. The number of hydrogen-bond donors (Lipinski definition) is 2. The molecule has 0 radical (unpaired) electrons. The topological polar surface area (TPSA) is 108 Å². The Morgan fingerprint density at radius 3 is 2.38 bits per heavy atom. The van der Waals surface area contributed by atoms with Crippen LogP contribution in [-0.2, 0) is 16.6 Å². The molecular weight excluding hydrogens is 643 g/mol. The van der Waals surface area contributed by atoms with Gasteiger partial charge in [-0.1, -0.05) is 30.8 Å². The lowest BCUT2D eigenvalue weighted by Crippen LogP contribution is -2.46. The van der Waals surface area contributed by atoms with Crippen molar-refractivity contribution in [3.05, 3.63) is 90.6 Å². The number of imidazole rings is 1. The van der Waals surface area contributed by atoms with E-state index in [0.29, 0.717) is 29.0 Å². The minimum Gasteiger partial charge on any atom is -0.369 e. The Morgan fingerprint density at radius 2 is 1.64 bits per heavy atom. The number of nitrogens with zero attached hydrogens (tertiary/aromatic N) is 6. The summed E-state index contributed by atoms with van der Waals surface area (Å²) in [6, 6.07) is 19.0. The maximum atomic E-state index is 13.8. The lowest BCUT2D eigenvalue weighted by molar-refractivity contribution is 0.271. The molecule has 14 heteroatoms. The van der Waals surface area contributed by atoms with Crippen LogP contribution in [0, 0.1) is 11.6 Å². The molecule has 2 aromatic heterocycles. The van der Waals surface area contributed by atoms with Gasteiger partial charge in [-0.3, -0.25) is 4.72 Å². The zero-order valence-corrected chi connectivity index (χ0v) is 27.2. The van der Waals surface area contributed by atoms with Crippen LogP contribution in [-0.4, -0.2) is 71.3 Å². The molecule has 5 aromatic rings. The molecule has 2 N–H and O–H groups in total. The Labute approximate surface area is 275 Å². The first kappa shape index (κ1) is 31.1. The zero-order valence-electron chi connectivity index (χ0n) is 25.5. The number of halogens is 2. The van der Waals surface area contributed by atoms with Gasteiger partial charge < -0.3 is 19.7 Å². The molecule has 0 saturated carbocycles. The Bertz CT molecular complexity index is 2010. The van der Waals surface area contributed by atoms with Crippen molar-refractivity contribution in [2.75, 3.05) is 53.4 Å². The van der Waals surface area contributed by atoms with Crippen molar-refractivity contribution in [1.82, 2.24) is 24.4 Å². The number of piperazine rings is 1. The third kappa shape index (κ3) is 6.66. The quantitative estimate of drug-likeness (QED) is 0.192. The van der Waals surface area contributed by atoms with Crippen LogP contribution in [0.3, 0.4) is 0 Å². The van der Waals surface area contributed by atoms with E-state index in [-0.39, 0.29) is 5.69 Å². The fourth-order valence-electron chi connectivity index (χ4n) is 5.82. The number of anilines is 4. The molecule has 3 aromatic carbocycles. The number of thioether (sulfide) groups is 1. The normalized spacial score (nSPS) is 15.1. The van der Waals surface area contributed by atoms with Gasteiger partial charge in [0.2, 0.25) is 5.95 Å².